The zero-order chi connectivity index (χ0) is 24.8. The predicted molar refractivity (Wildman–Crippen MR) is 141 cm³/mol. The van der Waals surface area contributed by atoms with E-state index in [0.29, 0.717) is 35.9 Å². The molecule has 1 aliphatic rings. The third kappa shape index (κ3) is 6.03. The summed E-state index contributed by atoms with van der Waals surface area (Å²) in [5, 5.41) is 5.82. The summed E-state index contributed by atoms with van der Waals surface area (Å²) in [6.07, 6.45) is 3.23. The van der Waals surface area contributed by atoms with E-state index in [1.165, 1.54) is 18.1 Å². The molecule has 0 unspecified atom stereocenters. The minimum Gasteiger partial charge on any atom is -0.398 e. The van der Waals surface area contributed by atoms with Crippen LogP contribution in [0.1, 0.15) is 34.0 Å². The lowest BCUT2D eigenvalue weighted by Crippen LogP contribution is -2.25. The minimum absolute atomic E-state index is 0.0146. The van der Waals surface area contributed by atoms with E-state index in [2.05, 4.69) is 34.3 Å². The molecule has 4 rings (SSSR count). The fourth-order valence-electron chi connectivity index (χ4n) is 3.84. The second-order valence-corrected chi connectivity index (χ2v) is 8.24. The van der Waals surface area contributed by atoms with E-state index in [4.69, 9.17) is 5.73 Å². The minimum atomic E-state index is -0.129. The number of amides is 2. The van der Waals surface area contributed by atoms with E-state index in [0.717, 1.165) is 11.3 Å². The van der Waals surface area contributed by atoms with E-state index in [9.17, 15) is 9.59 Å². The van der Waals surface area contributed by atoms with E-state index in [1.54, 1.807) is 30.5 Å². The van der Waals surface area contributed by atoms with Crippen molar-refractivity contribution >= 4 is 35.1 Å². The van der Waals surface area contributed by atoms with Crippen LogP contribution in [0.4, 0.5) is 11.4 Å². The third-order valence-electron chi connectivity index (χ3n) is 5.55. The molecule has 1 heterocycles. The van der Waals surface area contributed by atoms with Crippen LogP contribution in [0.2, 0.25) is 0 Å². The topological polar surface area (TPSA) is 99.8 Å². The van der Waals surface area contributed by atoms with Gasteiger partial charge < -0.3 is 21.3 Å². The highest BCUT2D eigenvalue weighted by atomic mass is 16.2. The number of fused-ring (bicyclic) bond motifs is 1. The molecule has 0 aliphatic carbocycles. The standard InChI is InChI=1S/C28H27N5O2/c1-19(30-15-14-27(29)21-10-12-25(13-11-21)32-20(2)34)31-26-9-5-8-22(16-26)28(35)33-17-23-6-3-4-7-24(23)18-33/h3-16,31H,1,17-18,29H2,2H3,(H,32,34)/b27-14-,30-15?. The molecule has 0 aromatic heterocycles. The Kier molecular flexibility index (Phi) is 7.07. The van der Waals surface area contributed by atoms with Gasteiger partial charge in [0, 0.05) is 48.9 Å². The number of aliphatic imine (C=N–C) groups is 1. The third-order valence-corrected chi connectivity index (χ3v) is 5.55. The number of benzene rings is 3. The summed E-state index contributed by atoms with van der Waals surface area (Å²) in [5.74, 6) is 0.267. The highest BCUT2D eigenvalue weighted by Gasteiger charge is 2.23. The Bertz CT molecular complexity index is 1300. The van der Waals surface area contributed by atoms with Crippen molar-refractivity contribution in [2.24, 2.45) is 10.7 Å². The predicted octanol–water partition coefficient (Wildman–Crippen LogP) is 4.75. The molecule has 0 atom stereocenters. The van der Waals surface area contributed by atoms with Gasteiger partial charge in [0.1, 0.15) is 5.82 Å². The van der Waals surface area contributed by atoms with Crippen molar-refractivity contribution in [3.8, 4) is 0 Å². The van der Waals surface area contributed by atoms with Crippen LogP contribution in [0.25, 0.3) is 5.70 Å². The zero-order valence-corrected chi connectivity index (χ0v) is 19.5. The number of hydrogen-bond donors (Lipinski definition) is 3. The average Bonchev–Trinajstić information content (AvgIpc) is 3.28. The van der Waals surface area contributed by atoms with E-state index >= 15 is 0 Å². The number of hydrogen-bond acceptors (Lipinski definition) is 5. The van der Waals surface area contributed by atoms with Crippen molar-refractivity contribution in [1.82, 2.24) is 4.90 Å². The lowest BCUT2D eigenvalue weighted by Gasteiger charge is -2.16. The molecule has 1 aliphatic heterocycles. The molecule has 0 saturated heterocycles. The Balaban J connectivity index is 1.35. The number of rotatable bonds is 7. The van der Waals surface area contributed by atoms with Crippen LogP contribution >= 0.6 is 0 Å². The smallest absolute Gasteiger partial charge is 0.254 e. The lowest BCUT2D eigenvalue weighted by molar-refractivity contribution is -0.114. The monoisotopic (exact) mass is 465 g/mol. The van der Waals surface area contributed by atoms with E-state index < -0.39 is 0 Å². The summed E-state index contributed by atoms with van der Waals surface area (Å²) in [7, 11) is 0. The molecule has 0 fully saturated rings. The van der Waals surface area contributed by atoms with Crippen molar-refractivity contribution in [2.75, 3.05) is 10.6 Å². The summed E-state index contributed by atoms with van der Waals surface area (Å²) < 4.78 is 0. The van der Waals surface area contributed by atoms with Gasteiger partial charge in [-0.15, -0.1) is 0 Å². The molecule has 7 heteroatoms. The van der Waals surface area contributed by atoms with Gasteiger partial charge in [-0.1, -0.05) is 49.0 Å². The van der Waals surface area contributed by atoms with Gasteiger partial charge in [-0.2, -0.15) is 0 Å². The largest absolute Gasteiger partial charge is 0.398 e. The van der Waals surface area contributed by atoms with Crippen LogP contribution in [-0.4, -0.2) is 22.9 Å². The van der Waals surface area contributed by atoms with Crippen LogP contribution in [0.3, 0.4) is 0 Å². The maximum atomic E-state index is 13.0. The Morgan fingerprint density at radius 3 is 2.26 bits per heavy atom. The summed E-state index contributed by atoms with van der Waals surface area (Å²) in [6, 6.07) is 22.6. The molecule has 2 amide bonds. The maximum Gasteiger partial charge on any atom is 0.254 e. The van der Waals surface area contributed by atoms with Gasteiger partial charge in [0.15, 0.2) is 0 Å². The zero-order valence-electron chi connectivity index (χ0n) is 19.5. The molecule has 3 aromatic carbocycles. The van der Waals surface area contributed by atoms with E-state index in [-0.39, 0.29) is 11.8 Å². The number of anilines is 2. The number of nitrogens with zero attached hydrogens (tertiary/aromatic N) is 2. The average molecular weight is 466 g/mol. The molecule has 176 valence electrons. The number of allylic oxidation sites excluding steroid dienone is 1. The molecule has 3 aromatic rings. The molecule has 0 bridgehead atoms. The van der Waals surface area contributed by atoms with Crippen LogP contribution in [0.5, 0.6) is 0 Å². The number of nitrogens with two attached hydrogens (primary N) is 1. The molecule has 4 N–H and O–H groups in total. The Hall–Kier alpha value is -4.65. The Morgan fingerprint density at radius 2 is 1.60 bits per heavy atom. The summed E-state index contributed by atoms with van der Waals surface area (Å²) in [5.41, 5.74) is 11.9. The molecule has 0 spiro atoms. The maximum absolute atomic E-state index is 13.0. The molecule has 0 radical (unpaired) electrons. The van der Waals surface area contributed by atoms with Crippen LogP contribution in [0, 0.1) is 0 Å². The van der Waals surface area contributed by atoms with Crippen molar-refractivity contribution in [3.05, 3.63) is 114 Å². The highest BCUT2D eigenvalue weighted by Crippen LogP contribution is 2.25. The Morgan fingerprint density at radius 1 is 0.914 bits per heavy atom. The van der Waals surface area contributed by atoms with Crippen molar-refractivity contribution in [2.45, 2.75) is 20.0 Å². The van der Waals surface area contributed by atoms with Crippen LogP contribution < -0.4 is 16.4 Å². The lowest BCUT2D eigenvalue weighted by atomic mass is 10.1. The summed E-state index contributed by atoms with van der Waals surface area (Å²) in [4.78, 5) is 30.3. The van der Waals surface area contributed by atoms with Gasteiger partial charge in [-0.05, 0) is 53.1 Å². The second kappa shape index (κ2) is 10.5. The molecular formula is C28H27N5O2. The SMILES string of the molecule is C=C(N=C/C=C(\N)c1ccc(NC(C)=O)cc1)Nc1cccc(C(=O)N2Cc3ccccc3C2)c1. The molecule has 35 heavy (non-hydrogen) atoms. The molecular weight excluding hydrogens is 438 g/mol. The van der Waals surface area contributed by atoms with Crippen LogP contribution in [0.15, 0.2) is 96.3 Å². The number of carbonyl (C=O) groups excluding carboxylic acids is 2. The fraction of sp³-hybridized carbons (Fsp3) is 0.107. The first kappa shape index (κ1) is 23.5. The van der Waals surface area contributed by atoms with Crippen molar-refractivity contribution < 1.29 is 9.59 Å². The number of carbonyl (C=O) groups is 2. The van der Waals surface area contributed by atoms with Crippen molar-refractivity contribution in [3.63, 3.8) is 0 Å². The summed E-state index contributed by atoms with van der Waals surface area (Å²) >= 11 is 0. The normalized spacial score (nSPS) is 12.9. The fourth-order valence-corrected chi connectivity index (χ4v) is 3.84. The van der Waals surface area contributed by atoms with Crippen LogP contribution in [-0.2, 0) is 17.9 Å². The van der Waals surface area contributed by atoms with Gasteiger partial charge >= 0.3 is 0 Å². The Labute approximate surface area is 204 Å². The number of nitrogens with one attached hydrogen (secondary N) is 2. The molecule has 0 saturated carbocycles. The first-order chi connectivity index (χ1) is 16.9. The first-order valence-electron chi connectivity index (χ1n) is 11.2. The second-order valence-electron chi connectivity index (χ2n) is 8.24. The van der Waals surface area contributed by atoms with Gasteiger partial charge in [0.2, 0.25) is 5.91 Å². The highest BCUT2D eigenvalue weighted by molar-refractivity contribution is 5.95. The van der Waals surface area contributed by atoms with Gasteiger partial charge in [-0.3, -0.25) is 9.59 Å². The molecule has 7 nitrogen and oxygen atoms in total. The van der Waals surface area contributed by atoms with Gasteiger partial charge in [0.25, 0.3) is 5.91 Å². The quantitative estimate of drug-likeness (QED) is 0.438. The van der Waals surface area contributed by atoms with Gasteiger partial charge in [-0.25, -0.2) is 4.99 Å². The summed E-state index contributed by atoms with van der Waals surface area (Å²) in [6.45, 7) is 6.62. The van der Waals surface area contributed by atoms with Gasteiger partial charge in [0.05, 0.1) is 0 Å². The van der Waals surface area contributed by atoms with E-state index in [1.807, 2.05) is 47.4 Å². The first-order valence-corrected chi connectivity index (χ1v) is 11.2. The van der Waals surface area contributed by atoms with Crippen molar-refractivity contribution in [1.29, 1.82) is 0 Å².